The summed E-state index contributed by atoms with van der Waals surface area (Å²) in [6.45, 7) is 3.42. The third kappa shape index (κ3) is 37.7. The summed E-state index contributed by atoms with van der Waals surface area (Å²) >= 11 is 0. The van der Waals surface area contributed by atoms with Crippen LogP contribution >= 0.6 is 0 Å². The van der Waals surface area contributed by atoms with E-state index in [1.165, 1.54) is 89.9 Å². The van der Waals surface area contributed by atoms with Crippen molar-refractivity contribution >= 4 is 23.8 Å². The zero-order chi connectivity index (χ0) is 41.2. The number of aliphatic carboxylic acids is 1. The van der Waals surface area contributed by atoms with Gasteiger partial charge in [-0.15, -0.1) is 0 Å². The van der Waals surface area contributed by atoms with Gasteiger partial charge >= 0.3 is 11.9 Å². The molecule has 0 saturated carbocycles. The molecule has 2 atom stereocenters. The van der Waals surface area contributed by atoms with Crippen LogP contribution in [0.4, 0.5) is 0 Å². The second kappa shape index (κ2) is 41.4. The van der Waals surface area contributed by atoms with Gasteiger partial charge in [0.2, 0.25) is 11.8 Å². The highest BCUT2D eigenvalue weighted by Crippen LogP contribution is 2.15. The van der Waals surface area contributed by atoms with Crippen molar-refractivity contribution in [3.05, 3.63) is 48.6 Å². The van der Waals surface area contributed by atoms with Gasteiger partial charge in [0.15, 0.2) is 0 Å². The molecule has 2 unspecified atom stereocenters. The molecule has 322 valence electrons. The maximum atomic E-state index is 12.7. The highest BCUT2D eigenvalue weighted by atomic mass is 16.5. The normalized spacial score (nSPS) is 12.9. The molecule has 0 aliphatic rings. The predicted octanol–water partition coefficient (Wildman–Crippen LogP) is 11.2. The quantitative estimate of drug-likeness (QED) is 0.0275. The van der Waals surface area contributed by atoms with E-state index < -0.39 is 24.5 Å². The largest absolute Gasteiger partial charge is 0.480 e. The molecule has 0 aromatic rings. The molecular formula is C47H82N2O7. The Kier molecular flexibility index (Phi) is 39.1. The molecule has 0 saturated heterocycles. The van der Waals surface area contributed by atoms with E-state index in [1.54, 1.807) is 0 Å². The van der Waals surface area contributed by atoms with E-state index in [-0.39, 0.29) is 30.9 Å². The number of hydrogen-bond acceptors (Lipinski definition) is 6. The molecule has 0 aromatic carbocycles. The van der Waals surface area contributed by atoms with Gasteiger partial charge in [0, 0.05) is 12.8 Å². The zero-order valence-electron chi connectivity index (χ0n) is 35.6. The van der Waals surface area contributed by atoms with Crippen molar-refractivity contribution in [3.8, 4) is 0 Å². The summed E-state index contributed by atoms with van der Waals surface area (Å²) in [6, 6.07) is -1.39. The van der Waals surface area contributed by atoms with Crippen LogP contribution in [-0.2, 0) is 23.9 Å². The molecular weight excluding hydrogens is 705 g/mol. The first-order valence-electron chi connectivity index (χ1n) is 22.5. The van der Waals surface area contributed by atoms with Crippen molar-refractivity contribution in [2.24, 2.45) is 0 Å². The first-order valence-corrected chi connectivity index (χ1v) is 22.5. The summed E-state index contributed by atoms with van der Waals surface area (Å²) in [5, 5.41) is 22.5. The molecule has 0 radical (unpaired) electrons. The topological polar surface area (TPSA) is 142 Å². The Bertz CT molecular complexity index is 1080. The van der Waals surface area contributed by atoms with E-state index in [4.69, 9.17) is 14.9 Å². The fraction of sp³-hybridized carbons (Fsp3) is 0.745. The van der Waals surface area contributed by atoms with Gasteiger partial charge in [-0.25, -0.2) is 4.79 Å². The number of hydrogen-bond donors (Lipinski definition) is 4. The molecule has 0 rings (SSSR count). The molecule has 9 heteroatoms. The lowest BCUT2D eigenvalue weighted by atomic mass is 10.1. The fourth-order valence-corrected chi connectivity index (χ4v) is 6.28. The van der Waals surface area contributed by atoms with Gasteiger partial charge in [-0.2, -0.15) is 0 Å². The predicted molar refractivity (Wildman–Crippen MR) is 231 cm³/mol. The minimum Gasteiger partial charge on any atom is -0.480 e. The molecule has 4 N–H and O–H groups in total. The van der Waals surface area contributed by atoms with E-state index in [1.807, 2.05) is 0 Å². The molecule has 0 aliphatic heterocycles. The first-order chi connectivity index (χ1) is 27.3. The number of aliphatic hydroxyl groups excluding tert-OH is 1. The van der Waals surface area contributed by atoms with E-state index in [9.17, 15) is 19.2 Å². The van der Waals surface area contributed by atoms with Crippen molar-refractivity contribution in [1.82, 2.24) is 10.6 Å². The van der Waals surface area contributed by atoms with Gasteiger partial charge in [0.1, 0.15) is 12.1 Å². The molecule has 0 bridgehead atoms. The Morgan fingerprint density at radius 1 is 0.554 bits per heavy atom. The number of amides is 2. The number of nitrogens with one attached hydrogen (secondary N) is 2. The maximum Gasteiger partial charge on any atom is 0.328 e. The van der Waals surface area contributed by atoms with Crippen LogP contribution in [0.15, 0.2) is 48.6 Å². The number of carbonyl (C=O) groups is 4. The number of allylic oxidation sites excluding steroid dienone is 7. The van der Waals surface area contributed by atoms with E-state index in [0.29, 0.717) is 12.8 Å². The van der Waals surface area contributed by atoms with Gasteiger partial charge in [0.25, 0.3) is 0 Å². The maximum absolute atomic E-state index is 12.7. The van der Waals surface area contributed by atoms with Crippen LogP contribution < -0.4 is 10.6 Å². The Balaban J connectivity index is 4.23. The monoisotopic (exact) mass is 787 g/mol. The fourth-order valence-electron chi connectivity index (χ4n) is 6.28. The number of aliphatic hydroxyl groups is 1. The van der Waals surface area contributed by atoms with Crippen LogP contribution in [0, 0.1) is 0 Å². The number of carboxylic acids is 1. The smallest absolute Gasteiger partial charge is 0.328 e. The van der Waals surface area contributed by atoms with Crippen LogP contribution in [0.3, 0.4) is 0 Å². The van der Waals surface area contributed by atoms with Gasteiger partial charge < -0.3 is 25.6 Å². The number of carbonyl (C=O) groups excluding carboxylic acids is 3. The Morgan fingerprint density at radius 3 is 1.55 bits per heavy atom. The second-order valence-corrected chi connectivity index (χ2v) is 15.1. The Hall–Kier alpha value is -3.20. The first kappa shape index (κ1) is 52.8. The number of esters is 1. The summed E-state index contributed by atoms with van der Waals surface area (Å²) < 4.78 is 5.91. The van der Waals surface area contributed by atoms with Crippen molar-refractivity contribution in [2.75, 3.05) is 13.2 Å². The van der Waals surface area contributed by atoms with Crippen molar-refractivity contribution in [3.63, 3.8) is 0 Å². The average Bonchev–Trinajstić information content (AvgIpc) is 3.18. The minimum atomic E-state index is -1.39. The number of rotatable bonds is 40. The highest BCUT2D eigenvalue weighted by Gasteiger charge is 2.18. The lowest BCUT2D eigenvalue weighted by Crippen LogP contribution is -2.47. The van der Waals surface area contributed by atoms with Gasteiger partial charge in [-0.3, -0.25) is 14.4 Å². The standard InChI is InChI=1S/C47H82N2O7/c1-3-5-7-9-11-13-14-15-16-17-18-19-20-21-22-23-24-25-27-29-35-39-46(53)56-42(36-32-28-26-12-10-8-6-4-2)37-33-30-31-34-38-44(51)48-40-45(52)49-43(41-50)47(54)55/h14-15,17-18,20-21,32,36,42-43,50H,3-13,16,19,22-31,33-35,37-41H2,1-2H3,(H,48,51)(H,49,52)(H,54,55)/b15-14-,18-17-,21-20-,36-32-. The van der Waals surface area contributed by atoms with E-state index >= 15 is 0 Å². The molecule has 0 fully saturated rings. The van der Waals surface area contributed by atoms with Crippen LogP contribution in [0.2, 0.25) is 0 Å². The molecule has 56 heavy (non-hydrogen) atoms. The summed E-state index contributed by atoms with van der Waals surface area (Å²) in [7, 11) is 0. The average molecular weight is 787 g/mol. The lowest BCUT2D eigenvalue weighted by Gasteiger charge is -2.15. The molecule has 9 nitrogen and oxygen atoms in total. The SMILES string of the molecule is CCCCCCC/C=C\C/C=C\C/C=C\CCCCCCCCC(=O)OC(/C=C\CCCCCCCC)CCCCCCC(=O)NCC(=O)NC(CO)C(=O)O. The van der Waals surface area contributed by atoms with Crippen LogP contribution in [-0.4, -0.2) is 59.3 Å². The third-order valence-corrected chi connectivity index (χ3v) is 9.78. The molecule has 2 amide bonds. The molecule has 0 spiro atoms. The summed E-state index contributed by atoms with van der Waals surface area (Å²) in [5.41, 5.74) is 0. The summed E-state index contributed by atoms with van der Waals surface area (Å²) in [4.78, 5) is 47.6. The number of unbranched alkanes of at least 4 members (excludes halogenated alkanes) is 20. The zero-order valence-corrected chi connectivity index (χ0v) is 35.6. The van der Waals surface area contributed by atoms with E-state index in [2.05, 4.69) is 73.1 Å². The molecule has 0 aromatic heterocycles. The molecule has 0 aliphatic carbocycles. The lowest BCUT2D eigenvalue weighted by molar-refractivity contribution is -0.147. The van der Waals surface area contributed by atoms with Gasteiger partial charge in [-0.05, 0) is 83.1 Å². The van der Waals surface area contributed by atoms with Crippen molar-refractivity contribution < 1.29 is 34.1 Å². The Labute approximate surface area is 341 Å². The summed E-state index contributed by atoms with van der Waals surface area (Å²) in [5.74, 6) is -2.41. The Morgan fingerprint density at radius 2 is 1.02 bits per heavy atom. The van der Waals surface area contributed by atoms with Crippen molar-refractivity contribution in [2.45, 2.75) is 212 Å². The summed E-state index contributed by atoms with van der Waals surface area (Å²) in [6.07, 6.45) is 48.7. The van der Waals surface area contributed by atoms with Crippen LogP contribution in [0.1, 0.15) is 200 Å². The van der Waals surface area contributed by atoms with E-state index in [0.717, 1.165) is 77.0 Å². The number of carboxylic acid groups (broad SMARTS) is 1. The third-order valence-electron chi connectivity index (χ3n) is 9.78. The second-order valence-electron chi connectivity index (χ2n) is 15.1. The highest BCUT2D eigenvalue weighted by molar-refractivity contribution is 5.87. The van der Waals surface area contributed by atoms with Gasteiger partial charge in [-0.1, -0.05) is 153 Å². The van der Waals surface area contributed by atoms with Crippen molar-refractivity contribution in [1.29, 1.82) is 0 Å². The van der Waals surface area contributed by atoms with Crippen LogP contribution in [0.25, 0.3) is 0 Å². The molecule has 0 heterocycles. The minimum absolute atomic E-state index is 0.124. The number of ether oxygens (including phenoxy) is 1. The van der Waals surface area contributed by atoms with Crippen LogP contribution in [0.5, 0.6) is 0 Å². The van der Waals surface area contributed by atoms with Gasteiger partial charge in [0.05, 0.1) is 13.2 Å².